The molecule has 0 saturated heterocycles. The van der Waals surface area contributed by atoms with E-state index in [0.717, 1.165) is 5.56 Å². The normalized spacial score (nSPS) is 11.0. The van der Waals surface area contributed by atoms with Crippen molar-refractivity contribution in [3.05, 3.63) is 47.2 Å². The smallest absolute Gasteiger partial charge is 0.408 e. The van der Waals surface area contributed by atoms with Crippen LogP contribution in [0.1, 0.15) is 33.3 Å². The molecule has 0 aliphatic heterocycles. The van der Waals surface area contributed by atoms with Crippen molar-refractivity contribution in [1.82, 2.24) is 10.6 Å². The van der Waals surface area contributed by atoms with Crippen LogP contribution < -0.4 is 10.6 Å². The molecule has 0 heterocycles. The Morgan fingerprint density at radius 2 is 1.72 bits per heavy atom. The molecule has 2 amide bonds. The SMILES string of the molecule is CCOC(=O)C(NC(=O)[C@H](C)NC(=O)OCc1ccccc1)=C(C)C. The van der Waals surface area contributed by atoms with Crippen LogP contribution in [-0.2, 0) is 25.7 Å². The lowest BCUT2D eigenvalue weighted by atomic mass is 10.2. The van der Waals surface area contributed by atoms with Crippen molar-refractivity contribution < 1.29 is 23.9 Å². The Bertz CT molecular complexity index is 636. The standard InChI is InChI=1S/C18H24N2O5/c1-5-24-17(22)15(12(2)3)20-16(21)13(4)19-18(23)25-11-14-9-7-6-8-10-14/h6-10,13H,5,11H2,1-4H3,(H,19,23)(H,20,21)/t13-/m0/s1. The van der Waals surface area contributed by atoms with E-state index in [1.54, 1.807) is 20.8 Å². The van der Waals surface area contributed by atoms with Gasteiger partial charge in [-0.3, -0.25) is 4.79 Å². The molecule has 0 aliphatic carbocycles. The van der Waals surface area contributed by atoms with Gasteiger partial charge in [-0.1, -0.05) is 30.3 Å². The lowest BCUT2D eigenvalue weighted by Gasteiger charge is -2.16. The number of ether oxygens (including phenoxy) is 2. The quantitative estimate of drug-likeness (QED) is 0.582. The minimum absolute atomic E-state index is 0.0677. The molecule has 0 aromatic heterocycles. The first-order valence-corrected chi connectivity index (χ1v) is 7.97. The molecule has 25 heavy (non-hydrogen) atoms. The molecule has 0 unspecified atom stereocenters. The molecule has 0 saturated carbocycles. The zero-order valence-electron chi connectivity index (χ0n) is 14.9. The van der Waals surface area contributed by atoms with Crippen LogP contribution in [0.5, 0.6) is 0 Å². The molecular formula is C18H24N2O5. The Hall–Kier alpha value is -2.83. The van der Waals surface area contributed by atoms with E-state index < -0.39 is 24.0 Å². The summed E-state index contributed by atoms with van der Waals surface area (Å²) in [7, 11) is 0. The van der Waals surface area contributed by atoms with E-state index in [1.807, 2.05) is 30.3 Å². The van der Waals surface area contributed by atoms with Gasteiger partial charge in [-0.2, -0.15) is 0 Å². The molecule has 0 bridgehead atoms. The highest BCUT2D eigenvalue weighted by atomic mass is 16.5. The second kappa shape index (κ2) is 10.1. The van der Waals surface area contributed by atoms with Crippen molar-refractivity contribution in [2.75, 3.05) is 6.61 Å². The van der Waals surface area contributed by atoms with Crippen molar-refractivity contribution in [2.45, 2.75) is 40.3 Å². The molecule has 0 aliphatic rings. The fourth-order valence-corrected chi connectivity index (χ4v) is 1.82. The van der Waals surface area contributed by atoms with E-state index >= 15 is 0 Å². The zero-order valence-corrected chi connectivity index (χ0v) is 14.9. The molecule has 1 aromatic carbocycles. The van der Waals surface area contributed by atoms with E-state index in [1.165, 1.54) is 6.92 Å². The number of allylic oxidation sites excluding steroid dienone is 1. The molecule has 0 spiro atoms. The van der Waals surface area contributed by atoms with Gasteiger partial charge in [-0.15, -0.1) is 0 Å². The largest absolute Gasteiger partial charge is 0.461 e. The molecule has 136 valence electrons. The molecule has 7 heteroatoms. The second-order valence-electron chi connectivity index (χ2n) is 5.51. The van der Waals surface area contributed by atoms with Gasteiger partial charge in [0.2, 0.25) is 5.91 Å². The number of hydrogen-bond donors (Lipinski definition) is 2. The van der Waals surface area contributed by atoms with Crippen molar-refractivity contribution >= 4 is 18.0 Å². The number of alkyl carbamates (subject to hydrolysis) is 1. The molecule has 2 N–H and O–H groups in total. The lowest BCUT2D eigenvalue weighted by Crippen LogP contribution is -2.45. The molecule has 0 fully saturated rings. The number of amides is 2. The fourth-order valence-electron chi connectivity index (χ4n) is 1.82. The zero-order chi connectivity index (χ0) is 18.8. The third kappa shape index (κ3) is 7.07. The predicted molar refractivity (Wildman–Crippen MR) is 92.4 cm³/mol. The highest BCUT2D eigenvalue weighted by molar-refractivity contribution is 5.96. The summed E-state index contributed by atoms with van der Waals surface area (Å²) in [5, 5.41) is 4.89. The van der Waals surface area contributed by atoms with Gasteiger partial charge < -0.3 is 20.1 Å². The number of carbonyl (C=O) groups excluding carboxylic acids is 3. The third-order valence-corrected chi connectivity index (χ3v) is 3.17. The lowest BCUT2D eigenvalue weighted by molar-refractivity contribution is -0.140. The van der Waals surface area contributed by atoms with Gasteiger partial charge in [-0.25, -0.2) is 9.59 Å². The summed E-state index contributed by atoms with van der Waals surface area (Å²) in [5.41, 5.74) is 1.51. The molecule has 1 aromatic rings. The number of esters is 1. The molecular weight excluding hydrogens is 324 g/mol. The summed E-state index contributed by atoms with van der Waals surface area (Å²) in [6, 6.07) is 8.30. The summed E-state index contributed by atoms with van der Waals surface area (Å²) in [6.45, 7) is 6.83. The van der Waals surface area contributed by atoms with Crippen LogP contribution in [0.4, 0.5) is 4.79 Å². The van der Waals surface area contributed by atoms with Gasteiger partial charge in [-0.05, 0) is 38.8 Å². The van der Waals surface area contributed by atoms with E-state index in [2.05, 4.69) is 10.6 Å². The number of rotatable bonds is 7. The first-order chi connectivity index (χ1) is 11.8. The summed E-state index contributed by atoms with van der Waals surface area (Å²) >= 11 is 0. The Kier molecular flexibility index (Phi) is 8.18. The maximum absolute atomic E-state index is 12.2. The number of hydrogen-bond acceptors (Lipinski definition) is 5. The van der Waals surface area contributed by atoms with Crippen molar-refractivity contribution in [3.63, 3.8) is 0 Å². The van der Waals surface area contributed by atoms with Crippen LogP contribution in [0, 0.1) is 0 Å². The first kappa shape index (κ1) is 20.2. The maximum atomic E-state index is 12.2. The fraction of sp³-hybridized carbons (Fsp3) is 0.389. The summed E-state index contributed by atoms with van der Waals surface area (Å²) in [6.07, 6.45) is -0.721. The van der Waals surface area contributed by atoms with Crippen LogP contribution in [-0.4, -0.2) is 30.6 Å². The van der Waals surface area contributed by atoms with Crippen LogP contribution >= 0.6 is 0 Å². The molecule has 1 rings (SSSR count). The van der Waals surface area contributed by atoms with Gasteiger partial charge in [0, 0.05) is 0 Å². The van der Waals surface area contributed by atoms with E-state index in [-0.39, 0.29) is 18.9 Å². The Morgan fingerprint density at radius 3 is 2.28 bits per heavy atom. The van der Waals surface area contributed by atoms with Crippen molar-refractivity contribution in [1.29, 1.82) is 0 Å². The first-order valence-electron chi connectivity index (χ1n) is 7.97. The summed E-state index contributed by atoms with van der Waals surface area (Å²) < 4.78 is 9.94. The van der Waals surface area contributed by atoms with Crippen LogP contribution in [0.25, 0.3) is 0 Å². The van der Waals surface area contributed by atoms with Gasteiger partial charge in [0.15, 0.2) is 0 Å². The molecule has 1 atom stereocenters. The summed E-state index contributed by atoms with van der Waals surface area (Å²) in [5.74, 6) is -1.16. The van der Waals surface area contributed by atoms with Crippen molar-refractivity contribution in [2.24, 2.45) is 0 Å². The highest BCUT2D eigenvalue weighted by Crippen LogP contribution is 2.04. The number of carbonyl (C=O) groups is 3. The van der Waals surface area contributed by atoms with Gasteiger partial charge in [0.05, 0.1) is 6.61 Å². The predicted octanol–water partition coefficient (Wildman–Crippen LogP) is 2.27. The topological polar surface area (TPSA) is 93.7 Å². The second-order valence-corrected chi connectivity index (χ2v) is 5.51. The van der Waals surface area contributed by atoms with E-state index in [9.17, 15) is 14.4 Å². The molecule has 0 radical (unpaired) electrons. The highest BCUT2D eigenvalue weighted by Gasteiger charge is 2.21. The van der Waals surface area contributed by atoms with E-state index in [4.69, 9.17) is 9.47 Å². The van der Waals surface area contributed by atoms with Gasteiger partial charge >= 0.3 is 12.1 Å². The van der Waals surface area contributed by atoms with Crippen LogP contribution in [0.3, 0.4) is 0 Å². The van der Waals surface area contributed by atoms with Crippen LogP contribution in [0.15, 0.2) is 41.6 Å². The average Bonchev–Trinajstić information content (AvgIpc) is 2.58. The van der Waals surface area contributed by atoms with E-state index in [0.29, 0.717) is 5.57 Å². The third-order valence-electron chi connectivity index (χ3n) is 3.17. The number of nitrogens with one attached hydrogen (secondary N) is 2. The van der Waals surface area contributed by atoms with Crippen LogP contribution in [0.2, 0.25) is 0 Å². The minimum atomic E-state index is -0.882. The molecule has 7 nitrogen and oxygen atoms in total. The van der Waals surface area contributed by atoms with Crippen molar-refractivity contribution in [3.8, 4) is 0 Å². The van der Waals surface area contributed by atoms with Gasteiger partial charge in [0.1, 0.15) is 18.3 Å². The van der Waals surface area contributed by atoms with Gasteiger partial charge in [0.25, 0.3) is 0 Å². The Labute approximate surface area is 147 Å². The monoisotopic (exact) mass is 348 g/mol. The Morgan fingerprint density at radius 1 is 1.08 bits per heavy atom. The Balaban J connectivity index is 2.53. The summed E-state index contributed by atoms with van der Waals surface area (Å²) in [4.78, 5) is 35.7. The average molecular weight is 348 g/mol. The number of benzene rings is 1. The minimum Gasteiger partial charge on any atom is -0.461 e. The maximum Gasteiger partial charge on any atom is 0.408 e.